The first-order chi connectivity index (χ1) is 3.92. The summed E-state index contributed by atoms with van der Waals surface area (Å²) in [6.07, 6.45) is 1.14. The molecule has 1 aliphatic heterocycles. The fourth-order valence-electron chi connectivity index (χ4n) is 1.26. The zero-order valence-electron chi connectivity index (χ0n) is 4.65. The van der Waals surface area contributed by atoms with Crippen LogP contribution in [-0.2, 0) is 0 Å². The average molecular weight is 111 g/mol. The van der Waals surface area contributed by atoms with Crippen molar-refractivity contribution in [2.75, 3.05) is 13.2 Å². The molecule has 0 bridgehead atoms. The Balaban J connectivity index is 2.09. The monoisotopic (exact) mass is 111 g/mol. The van der Waals surface area contributed by atoms with Gasteiger partial charge in [0.05, 0.1) is 6.61 Å². The number of rotatable bonds is 1. The van der Waals surface area contributed by atoms with Crippen LogP contribution in [0.4, 0.5) is 0 Å². The molecule has 0 radical (unpaired) electrons. The molecule has 0 amide bonds. The summed E-state index contributed by atoms with van der Waals surface area (Å²) in [7, 11) is 0. The highest BCUT2D eigenvalue weighted by atomic mass is 16.3. The second-order valence-corrected chi connectivity index (χ2v) is 2.44. The van der Waals surface area contributed by atoms with Crippen LogP contribution < -0.4 is 5.32 Å². The minimum atomic E-state index is 0.325. The molecular weight excluding hydrogens is 102 g/mol. The molecule has 0 spiro atoms. The Morgan fingerprint density at radius 3 is 2.88 bits per heavy atom. The van der Waals surface area contributed by atoms with Crippen molar-refractivity contribution < 1.29 is 5.11 Å². The standard InChI is InChI=1S/C6H9NO/c8-3-4-2-7-6-1-5(4)6/h4,7-8H,1-3H2. The van der Waals surface area contributed by atoms with Gasteiger partial charge in [-0.3, -0.25) is 0 Å². The van der Waals surface area contributed by atoms with Crippen LogP contribution in [0.2, 0.25) is 0 Å². The van der Waals surface area contributed by atoms with E-state index in [9.17, 15) is 0 Å². The Bertz CT molecular complexity index is 151. The molecular formula is C6H9NO. The van der Waals surface area contributed by atoms with Crippen LogP contribution in [0.25, 0.3) is 0 Å². The Labute approximate surface area is 48.2 Å². The number of piperidine rings is 1. The van der Waals surface area contributed by atoms with E-state index in [0.29, 0.717) is 12.5 Å². The maximum atomic E-state index is 8.69. The van der Waals surface area contributed by atoms with Crippen LogP contribution in [0.3, 0.4) is 0 Å². The van der Waals surface area contributed by atoms with Crippen LogP contribution >= 0.6 is 0 Å². The molecule has 1 aliphatic carbocycles. The van der Waals surface area contributed by atoms with Crippen LogP contribution in [0.5, 0.6) is 0 Å². The van der Waals surface area contributed by atoms with E-state index in [4.69, 9.17) is 5.11 Å². The lowest BCUT2D eigenvalue weighted by atomic mass is 10.1. The van der Waals surface area contributed by atoms with E-state index in [1.165, 1.54) is 11.3 Å². The predicted molar refractivity (Wildman–Crippen MR) is 30.2 cm³/mol. The van der Waals surface area contributed by atoms with E-state index >= 15 is 0 Å². The summed E-state index contributed by atoms with van der Waals surface area (Å²) in [5.41, 5.74) is 2.86. The lowest BCUT2D eigenvalue weighted by Crippen LogP contribution is -2.17. The third-order valence-corrected chi connectivity index (χ3v) is 1.90. The Kier molecular flexibility index (Phi) is 0.690. The average Bonchev–Trinajstić information content (AvgIpc) is 2.46. The highest BCUT2D eigenvalue weighted by molar-refractivity contribution is 5.40. The van der Waals surface area contributed by atoms with Gasteiger partial charge in [0.15, 0.2) is 0 Å². The first-order valence-electron chi connectivity index (χ1n) is 2.98. The Morgan fingerprint density at radius 2 is 2.62 bits per heavy atom. The molecule has 0 saturated carbocycles. The lowest BCUT2D eigenvalue weighted by Gasteiger charge is -2.06. The van der Waals surface area contributed by atoms with Gasteiger partial charge in [0, 0.05) is 24.6 Å². The van der Waals surface area contributed by atoms with E-state index in [0.717, 1.165) is 13.0 Å². The smallest absolute Gasteiger partial charge is 0.0514 e. The van der Waals surface area contributed by atoms with E-state index in [1.807, 2.05) is 0 Å². The first-order valence-corrected chi connectivity index (χ1v) is 2.98. The molecule has 1 atom stereocenters. The second-order valence-electron chi connectivity index (χ2n) is 2.44. The molecule has 2 aliphatic rings. The van der Waals surface area contributed by atoms with E-state index < -0.39 is 0 Å². The number of nitrogens with one attached hydrogen (secondary N) is 1. The van der Waals surface area contributed by atoms with Crippen molar-refractivity contribution >= 4 is 0 Å². The zero-order valence-corrected chi connectivity index (χ0v) is 4.65. The van der Waals surface area contributed by atoms with Gasteiger partial charge in [0.1, 0.15) is 0 Å². The van der Waals surface area contributed by atoms with Crippen LogP contribution in [0.15, 0.2) is 11.3 Å². The SMILES string of the molecule is OCC1CNC2=C1C2. The van der Waals surface area contributed by atoms with Gasteiger partial charge < -0.3 is 10.4 Å². The van der Waals surface area contributed by atoms with Gasteiger partial charge in [0.25, 0.3) is 0 Å². The molecule has 44 valence electrons. The lowest BCUT2D eigenvalue weighted by molar-refractivity contribution is 0.250. The largest absolute Gasteiger partial charge is 0.396 e. The minimum Gasteiger partial charge on any atom is -0.396 e. The predicted octanol–water partition coefficient (Wildman–Crippen LogP) is -0.144. The third-order valence-electron chi connectivity index (χ3n) is 1.90. The summed E-state index contributed by atoms with van der Waals surface area (Å²) in [5.74, 6) is 0.463. The maximum Gasteiger partial charge on any atom is 0.0514 e. The van der Waals surface area contributed by atoms with Gasteiger partial charge in [-0.1, -0.05) is 0 Å². The van der Waals surface area contributed by atoms with Crippen LogP contribution in [0, 0.1) is 5.92 Å². The maximum absolute atomic E-state index is 8.69. The molecule has 2 nitrogen and oxygen atoms in total. The quantitative estimate of drug-likeness (QED) is 0.493. The Hall–Kier alpha value is -0.500. The number of aliphatic hydroxyl groups is 1. The summed E-state index contributed by atoms with van der Waals surface area (Å²) >= 11 is 0. The normalized spacial score (nSPS) is 32.4. The van der Waals surface area contributed by atoms with Gasteiger partial charge in [-0.2, -0.15) is 0 Å². The molecule has 0 saturated heterocycles. The van der Waals surface area contributed by atoms with Gasteiger partial charge in [-0.25, -0.2) is 0 Å². The van der Waals surface area contributed by atoms with Crippen molar-refractivity contribution in [1.29, 1.82) is 0 Å². The molecule has 1 heterocycles. The summed E-state index contributed by atoms with van der Waals surface area (Å²) in [6.45, 7) is 1.30. The third kappa shape index (κ3) is 0.409. The van der Waals surface area contributed by atoms with Crippen LogP contribution in [0.1, 0.15) is 6.42 Å². The van der Waals surface area contributed by atoms with E-state index in [-0.39, 0.29) is 0 Å². The highest BCUT2D eigenvalue weighted by Gasteiger charge is 2.34. The molecule has 2 N–H and O–H groups in total. The highest BCUT2D eigenvalue weighted by Crippen LogP contribution is 2.39. The topological polar surface area (TPSA) is 32.3 Å². The fourth-order valence-corrected chi connectivity index (χ4v) is 1.26. The summed E-state index contributed by atoms with van der Waals surface area (Å²) in [4.78, 5) is 0. The van der Waals surface area contributed by atoms with Gasteiger partial charge >= 0.3 is 0 Å². The van der Waals surface area contributed by atoms with E-state index in [2.05, 4.69) is 5.32 Å². The van der Waals surface area contributed by atoms with Crippen molar-refractivity contribution in [3.63, 3.8) is 0 Å². The zero-order chi connectivity index (χ0) is 5.56. The van der Waals surface area contributed by atoms with Crippen LogP contribution in [-0.4, -0.2) is 18.3 Å². The number of hydrogen-bond donors (Lipinski definition) is 2. The van der Waals surface area contributed by atoms with E-state index in [1.54, 1.807) is 0 Å². The minimum absolute atomic E-state index is 0.325. The Morgan fingerprint density at radius 1 is 1.75 bits per heavy atom. The molecule has 2 heteroatoms. The molecule has 0 aromatic carbocycles. The fraction of sp³-hybridized carbons (Fsp3) is 0.667. The van der Waals surface area contributed by atoms with Crippen molar-refractivity contribution in [1.82, 2.24) is 5.32 Å². The van der Waals surface area contributed by atoms with Gasteiger partial charge in [0.2, 0.25) is 0 Å². The molecule has 0 fully saturated rings. The molecule has 0 aromatic heterocycles. The van der Waals surface area contributed by atoms with Gasteiger partial charge in [-0.05, 0) is 5.57 Å². The molecule has 0 aromatic rings. The summed E-state index contributed by atoms with van der Waals surface area (Å²) < 4.78 is 0. The molecule has 1 unspecified atom stereocenters. The second kappa shape index (κ2) is 1.26. The summed E-state index contributed by atoms with van der Waals surface area (Å²) in [6, 6.07) is 0. The van der Waals surface area contributed by atoms with Crippen molar-refractivity contribution in [2.45, 2.75) is 6.42 Å². The number of aliphatic hydroxyl groups excluding tert-OH is 1. The molecule has 2 rings (SSSR count). The number of allylic oxidation sites excluding steroid dienone is 1. The van der Waals surface area contributed by atoms with Gasteiger partial charge in [-0.15, -0.1) is 0 Å². The molecule has 8 heavy (non-hydrogen) atoms. The van der Waals surface area contributed by atoms with Crippen molar-refractivity contribution in [3.05, 3.63) is 11.3 Å². The summed E-state index contributed by atoms with van der Waals surface area (Å²) in [5, 5.41) is 11.9. The number of hydrogen-bond acceptors (Lipinski definition) is 2. The van der Waals surface area contributed by atoms with Crippen molar-refractivity contribution in [3.8, 4) is 0 Å². The van der Waals surface area contributed by atoms with Crippen molar-refractivity contribution in [2.24, 2.45) is 5.92 Å². The first kappa shape index (κ1) is 4.39.